The van der Waals surface area contributed by atoms with Crippen molar-refractivity contribution in [1.82, 2.24) is 19.3 Å². The highest BCUT2D eigenvalue weighted by molar-refractivity contribution is 7.08. The third-order valence-electron chi connectivity index (χ3n) is 6.00. The van der Waals surface area contributed by atoms with Gasteiger partial charge in [-0.3, -0.25) is 9.20 Å². The quantitative estimate of drug-likeness (QED) is 0.423. The highest BCUT2D eigenvalue weighted by atomic mass is 32.1. The van der Waals surface area contributed by atoms with Crippen LogP contribution in [0.3, 0.4) is 0 Å². The summed E-state index contributed by atoms with van der Waals surface area (Å²) in [5.41, 5.74) is 5.37. The van der Waals surface area contributed by atoms with Crippen molar-refractivity contribution in [3.05, 3.63) is 70.8 Å². The van der Waals surface area contributed by atoms with Gasteiger partial charge in [-0.05, 0) is 29.5 Å². The van der Waals surface area contributed by atoms with Gasteiger partial charge in [0.05, 0.1) is 18.3 Å². The number of piperazine rings is 1. The Hall–Kier alpha value is -3.93. The molecule has 4 heterocycles. The molecule has 1 amide bonds. The molecule has 0 radical (unpaired) electrons. The Morgan fingerprint density at radius 3 is 2.41 bits per heavy atom. The van der Waals surface area contributed by atoms with E-state index in [-0.39, 0.29) is 5.91 Å². The van der Waals surface area contributed by atoms with E-state index in [1.807, 2.05) is 41.7 Å². The number of aryl methyl sites for hydroxylation is 1. The van der Waals surface area contributed by atoms with E-state index in [1.165, 1.54) is 5.56 Å². The van der Waals surface area contributed by atoms with Crippen molar-refractivity contribution in [1.29, 1.82) is 0 Å². The molecule has 0 atom stereocenters. The topological polar surface area (TPSA) is 91.0 Å². The van der Waals surface area contributed by atoms with Crippen LogP contribution in [0.25, 0.3) is 16.9 Å². The van der Waals surface area contributed by atoms with E-state index >= 15 is 0 Å². The number of carboxylic acids is 1. The van der Waals surface area contributed by atoms with E-state index in [1.54, 1.807) is 11.3 Å². The summed E-state index contributed by atoms with van der Waals surface area (Å²) in [6, 6.07) is 10.2. The van der Waals surface area contributed by atoms with Crippen molar-refractivity contribution in [2.24, 2.45) is 0 Å². The minimum atomic E-state index is -5.08. The number of imidazole rings is 1. The van der Waals surface area contributed by atoms with Crippen LogP contribution < -0.4 is 4.90 Å². The van der Waals surface area contributed by atoms with Crippen molar-refractivity contribution in [2.45, 2.75) is 19.5 Å². The van der Waals surface area contributed by atoms with Gasteiger partial charge in [-0.1, -0.05) is 24.3 Å². The summed E-state index contributed by atoms with van der Waals surface area (Å²) in [5.74, 6) is -1.69. The molecule has 4 aromatic rings. The van der Waals surface area contributed by atoms with E-state index in [2.05, 4.69) is 49.1 Å². The number of alkyl halides is 3. The summed E-state index contributed by atoms with van der Waals surface area (Å²) in [4.78, 5) is 35.1. The smallest absolute Gasteiger partial charge is 0.475 e. The normalized spacial score (nSPS) is 13.8. The Bertz CT molecular complexity index is 1380. The first kappa shape index (κ1) is 26.1. The first-order valence-electron chi connectivity index (χ1n) is 11.4. The fourth-order valence-electron chi connectivity index (χ4n) is 4.00. The van der Waals surface area contributed by atoms with Crippen LogP contribution in [0.1, 0.15) is 11.1 Å². The number of rotatable bonds is 4. The first-order chi connectivity index (χ1) is 17.6. The molecule has 5 rings (SSSR count). The van der Waals surface area contributed by atoms with E-state index < -0.39 is 12.1 Å². The van der Waals surface area contributed by atoms with E-state index in [0.29, 0.717) is 19.5 Å². The van der Waals surface area contributed by atoms with Crippen LogP contribution in [0, 0.1) is 6.92 Å². The van der Waals surface area contributed by atoms with Crippen LogP contribution in [0.5, 0.6) is 0 Å². The average molecular weight is 532 g/mol. The van der Waals surface area contributed by atoms with Gasteiger partial charge in [0, 0.05) is 49.5 Å². The van der Waals surface area contributed by atoms with Crippen molar-refractivity contribution in [3.8, 4) is 11.3 Å². The number of aromatic nitrogens is 3. The number of aliphatic carboxylic acids is 1. The molecule has 8 nitrogen and oxygen atoms in total. The zero-order valence-electron chi connectivity index (χ0n) is 19.9. The number of thiophene rings is 1. The Balaban J connectivity index is 0.000000405. The van der Waals surface area contributed by atoms with Gasteiger partial charge in [0.15, 0.2) is 11.5 Å². The molecule has 12 heteroatoms. The number of amides is 1. The lowest BCUT2D eigenvalue weighted by molar-refractivity contribution is -0.192. The fraction of sp³-hybridized carbons (Fsp3) is 0.280. The molecule has 0 aliphatic carbocycles. The molecular weight excluding hydrogens is 507 g/mol. The summed E-state index contributed by atoms with van der Waals surface area (Å²) in [7, 11) is 0. The average Bonchev–Trinajstić information content (AvgIpc) is 3.55. The van der Waals surface area contributed by atoms with E-state index in [9.17, 15) is 18.0 Å². The van der Waals surface area contributed by atoms with Gasteiger partial charge in [0.1, 0.15) is 0 Å². The van der Waals surface area contributed by atoms with Crippen LogP contribution in [0.4, 0.5) is 19.0 Å². The highest BCUT2D eigenvalue weighted by Crippen LogP contribution is 2.27. The monoisotopic (exact) mass is 531 g/mol. The molecule has 1 aliphatic rings. The number of carbonyl (C=O) groups excluding carboxylic acids is 1. The van der Waals surface area contributed by atoms with Gasteiger partial charge < -0.3 is 14.9 Å². The minimum Gasteiger partial charge on any atom is -0.475 e. The fourth-order valence-corrected chi connectivity index (χ4v) is 4.65. The second kappa shape index (κ2) is 11.0. The molecule has 1 aliphatic heterocycles. The lowest BCUT2D eigenvalue weighted by Gasteiger charge is -2.35. The van der Waals surface area contributed by atoms with Crippen molar-refractivity contribution >= 4 is 34.7 Å². The van der Waals surface area contributed by atoms with Crippen LogP contribution >= 0.6 is 11.3 Å². The standard InChI is InChI=1S/C23H23N5OS.C2HF3O2/c1-17-4-2-3-5-18(17)14-21(29)26-9-11-27(12-10-26)22-23-25-15-20(19-6-13-30-16-19)28(23)8-7-24-22;3-2(4,5)1(6)7/h2-8,13,15-16H,9-12,14H2,1H3;(H,6,7). The van der Waals surface area contributed by atoms with Gasteiger partial charge in [0.25, 0.3) is 0 Å². The van der Waals surface area contributed by atoms with E-state index in [4.69, 9.17) is 9.90 Å². The van der Waals surface area contributed by atoms with Gasteiger partial charge in [-0.25, -0.2) is 14.8 Å². The molecule has 1 saturated heterocycles. The summed E-state index contributed by atoms with van der Waals surface area (Å²) in [6.45, 7) is 4.97. The van der Waals surface area contributed by atoms with Gasteiger partial charge in [0.2, 0.25) is 5.91 Å². The second-order valence-corrected chi connectivity index (χ2v) is 9.15. The predicted octanol–water partition coefficient (Wildman–Crippen LogP) is 4.29. The molecule has 1 fully saturated rings. The van der Waals surface area contributed by atoms with E-state index in [0.717, 1.165) is 41.4 Å². The second-order valence-electron chi connectivity index (χ2n) is 8.37. The van der Waals surface area contributed by atoms with Gasteiger partial charge >= 0.3 is 12.1 Å². The van der Waals surface area contributed by atoms with Gasteiger partial charge in [-0.2, -0.15) is 24.5 Å². The number of fused-ring (bicyclic) bond motifs is 1. The number of hydrogen-bond acceptors (Lipinski definition) is 6. The third kappa shape index (κ3) is 6.08. The highest BCUT2D eigenvalue weighted by Gasteiger charge is 2.38. The molecule has 1 N–H and O–H groups in total. The number of hydrogen-bond donors (Lipinski definition) is 1. The number of halogens is 3. The molecule has 0 unspecified atom stereocenters. The van der Waals surface area contributed by atoms with Gasteiger partial charge in [-0.15, -0.1) is 0 Å². The Morgan fingerprint density at radius 2 is 1.78 bits per heavy atom. The third-order valence-corrected chi connectivity index (χ3v) is 6.69. The van der Waals surface area contributed by atoms with Crippen molar-refractivity contribution in [2.75, 3.05) is 31.1 Å². The van der Waals surface area contributed by atoms with Crippen LogP contribution in [0.15, 0.2) is 59.7 Å². The number of benzene rings is 1. The van der Waals surface area contributed by atoms with Crippen molar-refractivity contribution in [3.63, 3.8) is 0 Å². The number of nitrogens with zero attached hydrogens (tertiary/aromatic N) is 5. The Labute approximate surface area is 214 Å². The van der Waals surface area contributed by atoms with Crippen LogP contribution in [0.2, 0.25) is 0 Å². The Morgan fingerprint density at radius 1 is 1.08 bits per heavy atom. The Kier molecular flexibility index (Phi) is 7.77. The molecule has 37 heavy (non-hydrogen) atoms. The lowest BCUT2D eigenvalue weighted by atomic mass is 10.1. The SMILES string of the molecule is Cc1ccccc1CC(=O)N1CCN(c2nccn3c(-c4ccsc4)cnc23)CC1.O=C(O)C(F)(F)F. The maximum Gasteiger partial charge on any atom is 0.490 e. The molecule has 1 aromatic carbocycles. The molecule has 3 aromatic heterocycles. The maximum absolute atomic E-state index is 12.8. The minimum absolute atomic E-state index is 0.190. The zero-order valence-corrected chi connectivity index (χ0v) is 20.7. The van der Waals surface area contributed by atoms with Crippen molar-refractivity contribution < 1.29 is 27.9 Å². The summed E-state index contributed by atoms with van der Waals surface area (Å²) >= 11 is 1.68. The summed E-state index contributed by atoms with van der Waals surface area (Å²) < 4.78 is 33.8. The lowest BCUT2D eigenvalue weighted by Crippen LogP contribution is -2.49. The molecule has 194 valence electrons. The predicted molar refractivity (Wildman–Crippen MR) is 134 cm³/mol. The number of carboxylic acid groups (broad SMARTS) is 1. The zero-order chi connectivity index (χ0) is 26.6. The molecule has 0 spiro atoms. The number of anilines is 1. The molecule has 0 saturated carbocycles. The summed E-state index contributed by atoms with van der Waals surface area (Å²) in [5, 5.41) is 11.3. The first-order valence-corrected chi connectivity index (χ1v) is 12.3. The largest absolute Gasteiger partial charge is 0.490 e. The summed E-state index contributed by atoms with van der Waals surface area (Å²) in [6.07, 6.45) is 1.08. The van der Waals surface area contributed by atoms with Crippen LogP contribution in [-0.2, 0) is 16.0 Å². The molecule has 0 bridgehead atoms. The molecular formula is C25H24F3N5O3S. The number of carbonyl (C=O) groups is 2. The van der Waals surface area contributed by atoms with Crippen LogP contribution in [-0.4, -0.2) is 68.6 Å². The maximum atomic E-state index is 12.8.